The first-order chi connectivity index (χ1) is 24.3. The highest BCUT2D eigenvalue weighted by molar-refractivity contribution is 5.97. The molecule has 5 rings (SSSR count). The Kier molecular flexibility index (Phi) is 13.2. The summed E-state index contributed by atoms with van der Waals surface area (Å²) in [4.78, 5) is 23.4. The molecular formula is C40H58N4O7. The van der Waals surface area contributed by atoms with Gasteiger partial charge in [-0.3, -0.25) is 14.6 Å². The molecule has 3 aromatic rings. The number of nitrogens with zero attached hydrogens (tertiary/aromatic N) is 4. The molecule has 0 aliphatic carbocycles. The van der Waals surface area contributed by atoms with Crippen LogP contribution in [0.15, 0.2) is 44.6 Å². The van der Waals surface area contributed by atoms with E-state index in [1.54, 1.807) is 12.1 Å². The van der Waals surface area contributed by atoms with Crippen molar-refractivity contribution in [3.05, 3.63) is 62.3 Å². The first-order valence-corrected chi connectivity index (χ1v) is 18.3. The molecule has 3 N–H and O–H groups in total. The first kappa shape index (κ1) is 38.8. The van der Waals surface area contributed by atoms with Crippen molar-refractivity contribution < 1.29 is 29.2 Å². The molecule has 2 saturated heterocycles. The molecule has 11 nitrogen and oxygen atoms in total. The number of rotatable bonds is 14. The number of fused-ring (bicyclic) bond motifs is 2. The lowest BCUT2D eigenvalue weighted by atomic mass is 9.96. The van der Waals surface area contributed by atoms with E-state index in [0.29, 0.717) is 54.0 Å². The van der Waals surface area contributed by atoms with Crippen LogP contribution in [0.25, 0.3) is 21.9 Å². The third-order valence-corrected chi connectivity index (χ3v) is 10.1. The van der Waals surface area contributed by atoms with Gasteiger partial charge in [-0.05, 0) is 72.7 Å². The summed E-state index contributed by atoms with van der Waals surface area (Å²) in [5.74, 6) is 0.715. The number of allylic oxidation sites excluding steroid dienone is 4. The molecule has 0 spiro atoms. The van der Waals surface area contributed by atoms with E-state index in [1.165, 1.54) is 0 Å². The van der Waals surface area contributed by atoms with Crippen molar-refractivity contribution >= 4 is 21.9 Å². The summed E-state index contributed by atoms with van der Waals surface area (Å²) in [6.07, 6.45) is 3.43. The van der Waals surface area contributed by atoms with Crippen molar-refractivity contribution in [2.45, 2.75) is 59.7 Å². The van der Waals surface area contributed by atoms with Crippen LogP contribution in [0.4, 0.5) is 0 Å². The molecule has 51 heavy (non-hydrogen) atoms. The lowest BCUT2D eigenvalue weighted by Crippen LogP contribution is -2.47. The van der Waals surface area contributed by atoms with Crippen LogP contribution in [0, 0.1) is 6.92 Å². The topological polar surface area (TPSA) is 122 Å². The maximum Gasteiger partial charge on any atom is 0.204 e. The van der Waals surface area contributed by atoms with Gasteiger partial charge in [0.15, 0.2) is 0 Å². The predicted octanol–water partition coefficient (Wildman–Crippen LogP) is 3.95. The Balaban J connectivity index is 1.50. The van der Waals surface area contributed by atoms with Gasteiger partial charge in [-0.15, -0.1) is 0 Å². The van der Waals surface area contributed by atoms with Gasteiger partial charge in [0.1, 0.15) is 59.2 Å². The SMILES string of the molecule is CC(C)=CCc1c(OCC(O)CN2CCN(C)CC2)cc2oc3cc(OCC(O)CN4CCN(C)CC4)c(C)c(CC=C(C)C)c3c(=O)c2c1O. The fourth-order valence-corrected chi connectivity index (χ4v) is 6.80. The van der Waals surface area contributed by atoms with Gasteiger partial charge in [0.05, 0.1) is 5.39 Å². The summed E-state index contributed by atoms with van der Waals surface area (Å²) in [6, 6.07) is 3.37. The number of ether oxygens (including phenoxy) is 2. The molecule has 1 aromatic heterocycles. The van der Waals surface area contributed by atoms with Crippen molar-refractivity contribution in [1.29, 1.82) is 0 Å². The highest BCUT2D eigenvalue weighted by Gasteiger charge is 2.25. The van der Waals surface area contributed by atoms with Crippen LogP contribution in [0.1, 0.15) is 44.4 Å². The molecular weight excluding hydrogens is 648 g/mol. The second kappa shape index (κ2) is 17.4. The van der Waals surface area contributed by atoms with E-state index >= 15 is 0 Å². The van der Waals surface area contributed by atoms with Crippen molar-refractivity contribution in [1.82, 2.24) is 19.6 Å². The number of phenols is 1. The van der Waals surface area contributed by atoms with Crippen molar-refractivity contribution in [3.63, 3.8) is 0 Å². The van der Waals surface area contributed by atoms with Crippen LogP contribution in [-0.2, 0) is 12.8 Å². The Morgan fingerprint density at radius 1 is 0.745 bits per heavy atom. The van der Waals surface area contributed by atoms with Crippen LogP contribution < -0.4 is 14.9 Å². The predicted molar refractivity (Wildman–Crippen MR) is 204 cm³/mol. The zero-order valence-corrected chi connectivity index (χ0v) is 31.6. The molecule has 0 amide bonds. The summed E-state index contributed by atoms with van der Waals surface area (Å²) in [5, 5.41) is 34.0. The highest BCUT2D eigenvalue weighted by Crippen LogP contribution is 2.39. The number of aromatic hydroxyl groups is 1. The number of aliphatic hydroxyl groups is 2. The first-order valence-electron chi connectivity index (χ1n) is 18.3. The lowest BCUT2D eigenvalue weighted by Gasteiger charge is -2.33. The number of β-amino-alcohol motifs (C(OH)–C–C–N with tert-alkyl or cyclic N) is 2. The second-order valence-electron chi connectivity index (χ2n) is 15.0. The Morgan fingerprint density at radius 2 is 1.20 bits per heavy atom. The minimum absolute atomic E-state index is 0.0252. The fourth-order valence-electron chi connectivity index (χ4n) is 6.80. The number of piperazine rings is 2. The molecule has 280 valence electrons. The summed E-state index contributed by atoms with van der Waals surface area (Å²) in [5.41, 5.74) is 4.36. The number of hydrogen-bond donors (Lipinski definition) is 3. The third-order valence-electron chi connectivity index (χ3n) is 10.1. The maximum atomic E-state index is 14.4. The van der Waals surface area contributed by atoms with Crippen molar-refractivity contribution in [3.8, 4) is 17.2 Å². The van der Waals surface area contributed by atoms with Gasteiger partial charge in [-0.1, -0.05) is 23.3 Å². The Morgan fingerprint density at radius 3 is 1.71 bits per heavy atom. The smallest absolute Gasteiger partial charge is 0.204 e. The van der Waals surface area contributed by atoms with E-state index in [4.69, 9.17) is 13.9 Å². The average molecular weight is 707 g/mol. The minimum Gasteiger partial charge on any atom is -0.507 e. The van der Waals surface area contributed by atoms with Crippen molar-refractivity contribution in [2.75, 3.05) is 92.8 Å². The van der Waals surface area contributed by atoms with Gasteiger partial charge in [-0.25, -0.2) is 0 Å². The Labute approximate surface area is 302 Å². The molecule has 2 atom stereocenters. The molecule has 2 fully saturated rings. The van der Waals surface area contributed by atoms with E-state index in [1.807, 2.05) is 40.7 Å². The quantitative estimate of drug-likeness (QED) is 0.167. The average Bonchev–Trinajstić information content (AvgIpc) is 3.07. The molecule has 0 radical (unpaired) electrons. The molecule has 3 heterocycles. The van der Waals surface area contributed by atoms with E-state index in [-0.39, 0.29) is 35.4 Å². The summed E-state index contributed by atoms with van der Waals surface area (Å²) < 4.78 is 18.9. The molecule has 2 unspecified atom stereocenters. The van der Waals surface area contributed by atoms with E-state index in [0.717, 1.165) is 74.6 Å². The zero-order chi connectivity index (χ0) is 36.8. The monoisotopic (exact) mass is 706 g/mol. The Bertz CT molecular complexity index is 1780. The van der Waals surface area contributed by atoms with Gasteiger partial charge >= 0.3 is 0 Å². The van der Waals surface area contributed by atoms with Gasteiger partial charge in [-0.2, -0.15) is 0 Å². The normalized spacial score (nSPS) is 17.8. The molecule has 2 aromatic carbocycles. The van der Waals surface area contributed by atoms with E-state index < -0.39 is 12.2 Å². The van der Waals surface area contributed by atoms with Gasteiger partial charge < -0.3 is 39.0 Å². The number of hydrogen-bond acceptors (Lipinski definition) is 11. The van der Waals surface area contributed by atoms with Gasteiger partial charge in [0.2, 0.25) is 5.43 Å². The van der Waals surface area contributed by atoms with Crippen LogP contribution in [0.2, 0.25) is 0 Å². The third kappa shape index (κ3) is 9.91. The minimum atomic E-state index is -0.738. The van der Waals surface area contributed by atoms with Crippen LogP contribution in [0.5, 0.6) is 17.2 Å². The standard InChI is InChI=1S/C40H58N4O7/c1-26(2)8-10-31-28(5)33(49-24-29(45)22-43-16-12-41(6)13-17-43)20-35-37(31)40(48)38-36(51-35)21-34(32(39(38)47)11-9-27(3)4)50-25-30(46)23-44-18-14-42(7)15-19-44/h8-9,20-21,29-30,45-47H,10-19,22-25H2,1-7H3. The fraction of sp³-hybridized carbons (Fsp3) is 0.575. The van der Waals surface area contributed by atoms with Crippen LogP contribution in [0.3, 0.4) is 0 Å². The zero-order valence-electron chi connectivity index (χ0n) is 31.6. The summed E-state index contributed by atoms with van der Waals surface area (Å²) >= 11 is 0. The van der Waals surface area contributed by atoms with E-state index in [2.05, 4.69) is 39.8 Å². The second-order valence-corrected chi connectivity index (χ2v) is 15.0. The van der Waals surface area contributed by atoms with Crippen LogP contribution in [-0.4, -0.2) is 140 Å². The highest BCUT2D eigenvalue weighted by atomic mass is 16.5. The molecule has 11 heteroatoms. The van der Waals surface area contributed by atoms with Crippen LogP contribution >= 0.6 is 0 Å². The molecule has 0 bridgehead atoms. The van der Waals surface area contributed by atoms with Gasteiger partial charge in [0.25, 0.3) is 0 Å². The largest absolute Gasteiger partial charge is 0.507 e. The summed E-state index contributed by atoms with van der Waals surface area (Å²) in [6.45, 7) is 18.4. The van der Waals surface area contributed by atoms with Gasteiger partial charge in [0, 0.05) is 83.1 Å². The summed E-state index contributed by atoms with van der Waals surface area (Å²) in [7, 11) is 4.20. The van der Waals surface area contributed by atoms with E-state index in [9.17, 15) is 20.1 Å². The number of aliphatic hydroxyl groups excluding tert-OH is 2. The maximum absolute atomic E-state index is 14.4. The molecule has 2 aliphatic rings. The van der Waals surface area contributed by atoms with Crippen molar-refractivity contribution in [2.24, 2.45) is 0 Å². The number of benzene rings is 2. The lowest BCUT2D eigenvalue weighted by molar-refractivity contribution is 0.0502. The number of likely N-dealkylation sites (N-methyl/N-ethyl adjacent to an activating group) is 2. The number of phenolic OH excluding ortho intramolecular Hbond substituents is 1. The molecule has 2 aliphatic heterocycles. The molecule has 0 saturated carbocycles. The Hall–Kier alpha value is -3.45.